The molecule has 1 aromatic carbocycles. The van der Waals surface area contributed by atoms with Crippen molar-refractivity contribution in [2.24, 2.45) is 5.92 Å². The summed E-state index contributed by atoms with van der Waals surface area (Å²) < 4.78 is 10.7. The zero-order valence-electron chi connectivity index (χ0n) is 13.3. The van der Waals surface area contributed by atoms with Crippen molar-refractivity contribution in [3.8, 4) is 11.5 Å². The maximum absolute atomic E-state index is 6.59. The van der Waals surface area contributed by atoms with E-state index in [0.29, 0.717) is 28.5 Å². The molecule has 0 aliphatic carbocycles. The molecule has 118 valence electrons. The summed E-state index contributed by atoms with van der Waals surface area (Å²) in [6, 6.07) is 4.32. The molecule has 1 aliphatic heterocycles. The van der Waals surface area contributed by atoms with Gasteiger partial charge in [-0.2, -0.15) is 0 Å². The molecule has 0 bridgehead atoms. The number of likely N-dealkylation sites (tertiary alicyclic amines) is 1. The van der Waals surface area contributed by atoms with E-state index in [1.54, 1.807) is 14.2 Å². The SMILES string of the molecule is CCNCC1CCN(C)C1c1ccc(OC)c(OC)c1Cl. The summed E-state index contributed by atoms with van der Waals surface area (Å²) in [5.74, 6) is 1.86. The minimum Gasteiger partial charge on any atom is -0.493 e. The molecule has 1 aromatic rings. The number of rotatable bonds is 6. The first-order valence-electron chi connectivity index (χ1n) is 7.45. The summed E-state index contributed by atoms with van der Waals surface area (Å²) in [5.41, 5.74) is 1.12. The number of ether oxygens (including phenoxy) is 2. The topological polar surface area (TPSA) is 33.7 Å². The predicted molar refractivity (Wildman–Crippen MR) is 86.6 cm³/mol. The van der Waals surface area contributed by atoms with Crippen molar-refractivity contribution in [3.63, 3.8) is 0 Å². The predicted octanol–water partition coefficient (Wildman–Crippen LogP) is 2.96. The molecule has 0 saturated carbocycles. The molecule has 1 N–H and O–H groups in total. The second-order valence-electron chi connectivity index (χ2n) is 5.49. The molecule has 21 heavy (non-hydrogen) atoms. The maximum Gasteiger partial charge on any atom is 0.179 e. The van der Waals surface area contributed by atoms with Crippen LogP contribution in [-0.4, -0.2) is 45.8 Å². The van der Waals surface area contributed by atoms with Crippen LogP contribution in [0.2, 0.25) is 5.02 Å². The van der Waals surface area contributed by atoms with Crippen LogP contribution in [0.25, 0.3) is 0 Å². The lowest BCUT2D eigenvalue weighted by Crippen LogP contribution is -2.28. The second-order valence-corrected chi connectivity index (χ2v) is 5.86. The molecule has 1 saturated heterocycles. The molecule has 4 nitrogen and oxygen atoms in total. The summed E-state index contributed by atoms with van der Waals surface area (Å²) in [5, 5.41) is 4.12. The monoisotopic (exact) mass is 312 g/mol. The van der Waals surface area contributed by atoms with Gasteiger partial charge in [-0.05, 0) is 50.7 Å². The van der Waals surface area contributed by atoms with Gasteiger partial charge in [0.05, 0.1) is 19.2 Å². The summed E-state index contributed by atoms with van der Waals surface area (Å²) in [7, 11) is 5.41. The van der Waals surface area contributed by atoms with Crippen LogP contribution in [0.4, 0.5) is 0 Å². The van der Waals surface area contributed by atoms with E-state index in [1.807, 2.05) is 6.07 Å². The zero-order valence-corrected chi connectivity index (χ0v) is 14.0. The van der Waals surface area contributed by atoms with Gasteiger partial charge >= 0.3 is 0 Å². The summed E-state index contributed by atoms with van der Waals surface area (Å²) in [6.07, 6.45) is 1.18. The molecule has 1 heterocycles. The fourth-order valence-corrected chi connectivity index (χ4v) is 3.54. The highest BCUT2D eigenvalue weighted by molar-refractivity contribution is 6.33. The largest absolute Gasteiger partial charge is 0.493 e. The highest BCUT2D eigenvalue weighted by atomic mass is 35.5. The van der Waals surface area contributed by atoms with Crippen LogP contribution in [0.15, 0.2) is 12.1 Å². The molecular weight excluding hydrogens is 288 g/mol. The normalized spacial score (nSPS) is 22.5. The van der Waals surface area contributed by atoms with Gasteiger partial charge < -0.3 is 14.8 Å². The second kappa shape index (κ2) is 7.34. The molecule has 2 rings (SSSR count). The molecule has 2 unspecified atom stereocenters. The van der Waals surface area contributed by atoms with Gasteiger partial charge in [0.1, 0.15) is 0 Å². The minimum absolute atomic E-state index is 0.316. The Hall–Kier alpha value is -0.970. The Morgan fingerprint density at radius 1 is 1.33 bits per heavy atom. The Bertz CT molecular complexity index is 482. The number of nitrogens with one attached hydrogen (secondary N) is 1. The standard InChI is InChI=1S/C16H25ClN2O2/c1-5-18-10-11-8-9-19(2)15(11)12-6-7-13(20-3)16(21-4)14(12)17/h6-7,11,15,18H,5,8-10H2,1-4H3. The first-order chi connectivity index (χ1) is 10.1. The third kappa shape index (κ3) is 3.28. The molecule has 5 heteroatoms. The van der Waals surface area contributed by atoms with E-state index in [4.69, 9.17) is 21.1 Å². The number of benzene rings is 1. The van der Waals surface area contributed by atoms with E-state index in [-0.39, 0.29) is 0 Å². The average molecular weight is 313 g/mol. The van der Waals surface area contributed by atoms with Crippen molar-refractivity contribution in [1.82, 2.24) is 10.2 Å². The lowest BCUT2D eigenvalue weighted by molar-refractivity contribution is 0.271. The quantitative estimate of drug-likeness (QED) is 0.875. The van der Waals surface area contributed by atoms with E-state index in [0.717, 1.165) is 25.2 Å². The zero-order chi connectivity index (χ0) is 15.4. The van der Waals surface area contributed by atoms with Crippen LogP contribution in [0, 0.1) is 5.92 Å². The Balaban J connectivity index is 2.34. The summed E-state index contributed by atoms with van der Waals surface area (Å²) in [4.78, 5) is 2.37. The molecule has 0 aromatic heterocycles. The average Bonchev–Trinajstić information content (AvgIpc) is 2.85. The van der Waals surface area contributed by atoms with Gasteiger partial charge in [-0.1, -0.05) is 24.6 Å². The Morgan fingerprint density at radius 2 is 2.10 bits per heavy atom. The van der Waals surface area contributed by atoms with Gasteiger partial charge in [0.15, 0.2) is 11.5 Å². The van der Waals surface area contributed by atoms with E-state index < -0.39 is 0 Å². The number of hydrogen-bond donors (Lipinski definition) is 1. The maximum atomic E-state index is 6.59. The molecule has 1 aliphatic rings. The number of halogens is 1. The van der Waals surface area contributed by atoms with Crippen LogP contribution in [0.1, 0.15) is 24.9 Å². The van der Waals surface area contributed by atoms with Crippen LogP contribution in [0.3, 0.4) is 0 Å². The fourth-order valence-electron chi connectivity index (χ4n) is 3.19. The first kappa shape index (κ1) is 16.4. The van der Waals surface area contributed by atoms with E-state index in [1.165, 1.54) is 6.42 Å². The van der Waals surface area contributed by atoms with Crippen molar-refractivity contribution in [3.05, 3.63) is 22.7 Å². The Morgan fingerprint density at radius 3 is 2.71 bits per heavy atom. The van der Waals surface area contributed by atoms with Crippen molar-refractivity contribution in [2.45, 2.75) is 19.4 Å². The highest BCUT2D eigenvalue weighted by Gasteiger charge is 2.34. The van der Waals surface area contributed by atoms with Crippen molar-refractivity contribution < 1.29 is 9.47 Å². The third-order valence-corrected chi connectivity index (χ3v) is 4.65. The van der Waals surface area contributed by atoms with E-state index in [9.17, 15) is 0 Å². The summed E-state index contributed by atoms with van der Waals surface area (Å²) >= 11 is 6.59. The Kier molecular flexibility index (Phi) is 5.73. The van der Waals surface area contributed by atoms with Crippen molar-refractivity contribution in [2.75, 3.05) is 40.9 Å². The Labute approximate surface area is 132 Å². The molecule has 1 fully saturated rings. The van der Waals surface area contributed by atoms with Gasteiger partial charge in [0, 0.05) is 6.04 Å². The minimum atomic E-state index is 0.316. The van der Waals surface area contributed by atoms with E-state index in [2.05, 4.69) is 30.3 Å². The van der Waals surface area contributed by atoms with Crippen molar-refractivity contribution in [1.29, 1.82) is 0 Å². The lowest BCUT2D eigenvalue weighted by atomic mass is 9.93. The molecule has 0 radical (unpaired) electrons. The fraction of sp³-hybridized carbons (Fsp3) is 0.625. The number of hydrogen-bond acceptors (Lipinski definition) is 4. The summed E-state index contributed by atoms with van der Waals surface area (Å²) in [6.45, 7) is 5.23. The molecule has 0 amide bonds. The van der Waals surface area contributed by atoms with Gasteiger partial charge in [-0.3, -0.25) is 4.90 Å². The van der Waals surface area contributed by atoms with Gasteiger partial charge in [-0.25, -0.2) is 0 Å². The van der Waals surface area contributed by atoms with Crippen LogP contribution in [-0.2, 0) is 0 Å². The van der Waals surface area contributed by atoms with Gasteiger partial charge in [0.2, 0.25) is 0 Å². The highest BCUT2D eigenvalue weighted by Crippen LogP contribution is 2.45. The first-order valence-corrected chi connectivity index (χ1v) is 7.83. The van der Waals surface area contributed by atoms with Crippen LogP contribution >= 0.6 is 11.6 Å². The van der Waals surface area contributed by atoms with Crippen molar-refractivity contribution >= 4 is 11.6 Å². The molecule has 2 atom stereocenters. The number of methoxy groups -OCH3 is 2. The number of nitrogens with zero attached hydrogens (tertiary/aromatic N) is 1. The van der Waals surface area contributed by atoms with Crippen LogP contribution in [0.5, 0.6) is 11.5 Å². The lowest BCUT2D eigenvalue weighted by Gasteiger charge is -2.27. The van der Waals surface area contributed by atoms with Gasteiger partial charge in [-0.15, -0.1) is 0 Å². The van der Waals surface area contributed by atoms with E-state index >= 15 is 0 Å². The van der Waals surface area contributed by atoms with Crippen LogP contribution < -0.4 is 14.8 Å². The van der Waals surface area contributed by atoms with Gasteiger partial charge in [0.25, 0.3) is 0 Å². The molecular formula is C16H25ClN2O2. The third-order valence-electron chi connectivity index (χ3n) is 4.26. The smallest absolute Gasteiger partial charge is 0.179 e. The molecule has 0 spiro atoms.